The molecular weight excluding hydrogens is 261 g/mol. The summed E-state index contributed by atoms with van der Waals surface area (Å²) >= 11 is 0. The summed E-state index contributed by atoms with van der Waals surface area (Å²) in [5.41, 5.74) is 0. The molecule has 1 unspecified atom stereocenters. The zero-order chi connectivity index (χ0) is 14.4. The Bertz CT molecular complexity index is 452. The summed E-state index contributed by atoms with van der Waals surface area (Å²) in [5, 5.41) is 9.04. The molecule has 0 aliphatic carbocycles. The minimum atomic E-state index is -0.328. The van der Waals surface area contributed by atoms with Crippen molar-refractivity contribution in [2.45, 2.75) is 19.3 Å². The quantitative estimate of drug-likeness (QED) is 0.809. The van der Waals surface area contributed by atoms with Gasteiger partial charge in [0.25, 0.3) is 0 Å². The van der Waals surface area contributed by atoms with E-state index in [2.05, 4.69) is 0 Å². The first-order chi connectivity index (χ1) is 9.69. The second-order valence-electron chi connectivity index (χ2n) is 5.09. The molecule has 110 valence electrons. The van der Waals surface area contributed by atoms with E-state index in [0.717, 1.165) is 13.0 Å². The summed E-state index contributed by atoms with van der Waals surface area (Å²) in [4.78, 5) is 13.7. The molecule has 1 atom stereocenters. The number of ether oxygens (including phenoxy) is 1. The molecule has 5 heteroatoms. The van der Waals surface area contributed by atoms with Gasteiger partial charge in [-0.05, 0) is 25.0 Å². The predicted molar refractivity (Wildman–Crippen MR) is 72.9 cm³/mol. The van der Waals surface area contributed by atoms with E-state index in [4.69, 9.17) is 9.84 Å². The highest BCUT2D eigenvalue weighted by molar-refractivity contribution is 5.76. The minimum absolute atomic E-state index is 0.101. The number of hydrogen-bond acceptors (Lipinski definition) is 3. The van der Waals surface area contributed by atoms with Crippen molar-refractivity contribution in [1.29, 1.82) is 0 Å². The van der Waals surface area contributed by atoms with Gasteiger partial charge >= 0.3 is 0 Å². The zero-order valence-corrected chi connectivity index (χ0v) is 11.4. The lowest BCUT2D eigenvalue weighted by atomic mass is 10.1. The Hall–Kier alpha value is -1.62. The summed E-state index contributed by atoms with van der Waals surface area (Å²) in [7, 11) is 0. The van der Waals surface area contributed by atoms with Crippen LogP contribution in [0.5, 0.6) is 5.75 Å². The van der Waals surface area contributed by atoms with E-state index in [1.165, 1.54) is 12.1 Å². The molecule has 0 bridgehead atoms. The lowest BCUT2D eigenvalue weighted by Crippen LogP contribution is -2.29. The summed E-state index contributed by atoms with van der Waals surface area (Å²) in [6.07, 6.45) is 1.91. The topological polar surface area (TPSA) is 49.8 Å². The van der Waals surface area contributed by atoms with Crippen molar-refractivity contribution in [3.05, 3.63) is 30.1 Å². The van der Waals surface area contributed by atoms with Crippen LogP contribution in [-0.2, 0) is 4.79 Å². The standard InChI is InChI=1S/C15H20FNO3/c16-13-3-1-4-14(9-13)20-8-2-5-15(19)17-7-6-12(10-17)11-18/h1,3-4,9,12,18H,2,5-8,10-11H2. The van der Waals surface area contributed by atoms with E-state index in [-0.39, 0.29) is 24.2 Å². The number of hydrogen-bond donors (Lipinski definition) is 1. The van der Waals surface area contributed by atoms with Crippen LogP contribution in [0.3, 0.4) is 0 Å². The van der Waals surface area contributed by atoms with Gasteiger partial charge in [-0.1, -0.05) is 6.07 Å². The third-order valence-corrected chi connectivity index (χ3v) is 3.50. The highest BCUT2D eigenvalue weighted by Gasteiger charge is 2.24. The average molecular weight is 281 g/mol. The van der Waals surface area contributed by atoms with Gasteiger partial charge in [-0.2, -0.15) is 0 Å². The van der Waals surface area contributed by atoms with Crippen LogP contribution in [-0.4, -0.2) is 42.2 Å². The number of likely N-dealkylation sites (tertiary alicyclic amines) is 1. The van der Waals surface area contributed by atoms with E-state index in [0.29, 0.717) is 31.7 Å². The Labute approximate surface area is 118 Å². The molecule has 4 nitrogen and oxygen atoms in total. The van der Waals surface area contributed by atoms with Crippen molar-refractivity contribution >= 4 is 5.91 Å². The van der Waals surface area contributed by atoms with Gasteiger partial charge in [0.2, 0.25) is 5.91 Å². The van der Waals surface area contributed by atoms with Gasteiger partial charge in [0.05, 0.1) is 6.61 Å². The van der Waals surface area contributed by atoms with E-state index < -0.39 is 0 Å². The molecule has 1 aliphatic heterocycles. The fourth-order valence-corrected chi connectivity index (χ4v) is 2.34. The first kappa shape index (κ1) is 14.8. The maximum atomic E-state index is 12.9. The molecule has 1 saturated heterocycles. The average Bonchev–Trinajstić information content (AvgIpc) is 2.92. The third kappa shape index (κ3) is 4.20. The highest BCUT2D eigenvalue weighted by atomic mass is 19.1. The zero-order valence-electron chi connectivity index (χ0n) is 11.4. The molecule has 0 spiro atoms. The van der Waals surface area contributed by atoms with Crippen LogP contribution in [0.4, 0.5) is 4.39 Å². The van der Waals surface area contributed by atoms with Crippen molar-refractivity contribution in [3.63, 3.8) is 0 Å². The van der Waals surface area contributed by atoms with Crippen LogP contribution < -0.4 is 4.74 Å². The number of benzene rings is 1. The number of nitrogens with zero attached hydrogens (tertiary/aromatic N) is 1. The fraction of sp³-hybridized carbons (Fsp3) is 0.533. The van der Waals surface area contributed by atoms with Gasteiger partial charge in [-0.15, -0.1) is 0 Å². The molecule has 1 fully saturated rings. The van der Waals surface area contributed by atoms with Crippen LogP contribution in [0.2, 0.25) is 0 Å². The van der Waals surface area contributed by atoms with Crippen molar-refractivity contribution in [1.82, 2.24) is 4.90 Å². The summed E-state index contributed by atoms with van der Waals surface area (Å²) in [5.74, 6) is 0.482. The number of carbonyl (C=O) groups excluding carboxylic acids is 1. The molecule has 1 N–H and O–H groups in total. The van der Waals surface area contributed by atoms with Crippen LogP contribution in [0.15, 0.2) is 24.3 Å². The Morgan fingerprint density at radius 2 is 2.35 bits per heavy atom. The van der Waals surface area contributed by atoms with E-state index in [1.807, 2.05) is 0 Å². The van der Waals surface area contributed by atoms with E-state index in [9.17, 15) is 9.18 Å². The van der Waals surface area contributed by atoms with E-state index in [1.54, 1.807) is 17.0 Å². The number of amides is 1. The second kappa shape index (κ2) is 7.24. The summed E-state index contributed by atoms with van der Waals surface area (Å²) in [6.45, 7) is 1.92. The maximum absolute atomic E-state index is 12.9. The summed E-state index contributed by atoms with van der Waals surface area (Å²) < 4.78 is 18.3. The number of carbonyl (C=O) groups is 1. The Kier molecular flexibility index (Phi) is 5.35. The monoisotopic (exact) mass is 281 g/mol. The van der Waals surface area contributed by atoms with Crippen LogP contribution in [0.25, 0.3) is 0 Å². The van der Waals surface area contributed by atoms with Gasteiger partial charge in [0.15, 0.2) is 0 Å². The van der Waals surface area contributed by atoms with Gasteiger partial charge in [0.1, 0.15) is 11.6 Å². The number of aliphatic hydroxyl groups is 1. The van der Waals surface area contributed by atoms with Gasteiger partial charge in [-0.3, -0.25) is 4.79 Å². The van der Waals surface area contributed by atoms with Gasteiger partial charge in [0, 0.05) is 38.1 Å². The van der Waals surface area contributed by atoms with Crippen LogP contribution >= 0.6 is 0 Å². The van der Waals surface area contributed by atoms with Crippen molar-refractivity contribution in [3.8, 4) is 5.75 Å². The smallest absolute Gasteiger partial charge is 0.222 e. The molecule has 1 aliphatic rings. The number of rotatable bonds is 6. The largest absolute Gasteiger partial charge is 0.493 e. The molecule has 20 heavy (non-hydrogen) atoms. The predicted octanol–water partition coefficient (Wildman–Crippen LogP) is 1.83. The summed E-state index contributed by atoms with van der Waals surface area (Å²) in [6, 6.07) is 5.97. The third-order valence-electron chi connectivity index (χ3n) is 3.50. The fourth-order valence-electron chi connectivity index (χ4n) is 2.34. The Balaban J connectivity index is 1.65. The first-order valence-corrected chi connectivity index (χ1v) is 6.96. The number of halogens is 1. The van der Waals surface area contributed by atoms with E-state index >= 15 is 0 Å². The SMILES string of the molecule is O=C(CCCOc1cccc(F)c1)N1CCC(CO)C1. The maximum Gasteiger partial charge on any atom is 0.222 e. The van der Waals surface area contributed by atoms with Crippen LogP contribution in [0, 0.1) is 11.7 Å². The lowest BCUT2D eigenvalue weighted by molar-refractivity contribution is -0.130. The molecule has 2 rings (SSSR count). The first-order valence-electron chi connectivity index (χ1n) is 6.96. The molecule has 1 heterocycles. The molecule has 0 saturated carbocycles. The van der Waals surface area contributed by atoms with Gasteiger partial charge < -0.3 is 14.7 Å². The molecule has 1 amide bonds. The molecule has 0 aromatic heterocycles. The molecule has 1 aromatic carbocycles. The van der Waals surface area contributed by atoms with Gasteiger partial charge in [-0.25, -0.2) is 4.39 Å². The second-order valence-corrected chi connectivity index (χ2v) is 5.09. The Morgan fingerprint density at radius 3 is 3.05 bits per heavy atom. The highest BCUT2D eigenvalue weighted by Crippen LogP contribution is 2.17. The normalized spacial score (nSPS) is 18.3. The molecular formula is C15H20FNO3. The minimum Gasteiger partial charge on any atom is -0.493 e. The molecule has 1 aromatic rings. The van der Waals surface area contributed by atoms with Crippen molar-refractivity contribution in [2.75, 3.05) is 26.3 Å². The van der Waals surface area contributed by atoms with Crippen molar-refractivity contribution < 1.29 is 19.0 Å². The van der Waals surface area contributed by atoms with Crippen LogP contribution in [0.1, 0.15) is 19.3 Å². The lowest BCUT2D eigenvalue weighted by Gasteiger charge is -2.16. The van der Waals surface area contributed by atoms with Crippen molar-refractivity contribution in [2.24, 2.45) is 5.92 Å². The number of aliphatic hydroxyl groups excluding tert-OH is 1. The Morgan fingerprint density at radius 1 is 1.50 bits per heavy atom. The molecule has 0 radical (unpaired) electrons.